The van der Waals surface area contributed by atoms with Crippen LogP contribution < -0.4 is 0 Å². The quantitative estimate of drug-likeness (QED) is 0.0781. The van der Waals surface area contributed by atoms with Crippen molar-refractivity contribution in [1.29, 1.82) is 0 Å². The molecule has 0 aliphatic carbocycles. The van der Waals surface area contributed by atoms with Crippen LogP contribution in [0.3, 0.4) is 0 Å². The van der Waals surface area contributed by atoms with Crippen molar-refractivity contribution in [3.8, 4) is 0 Å². The number of Topliss-reactive ketones (excluding diaryl/α,β-unsaturated/α-hetero) is 3. The molecule has 0 saturated heterocycles. The fourth-order valence-corrected chi connectivity index (χ4v) is 7.89. The predicted molar refractivity (Wildman–Crippen MR) is 351 cm³/mol. The van der Waals surface area contributed by atoms with E-state index in [2.05, 4.69) is 130 Å². The third-order valence-electron chi connectivity index (χ3n) is 10.3. The summed E-state index contributed by atoms with van der Waals surface area (Å²) in [6.45, 7) is 59.9. The van der Waals surface area contributed by atoms with Crippen LogP contribution in [0, 0.1) is 23.7 Å². The molecule has 0 N–H and O–H groups in total. The van der Waals surface area contributed by atoms with Crippen molar-refractivity contribution in [1.82, 2.24) is 0 Å². The van der Waals surface area contributed by atoms with Crippen LogP contribution in [0.15, 0.2) is 60.7 Å². The van der Waals surface area contributed by atoms with Gasteiger partial charge in [-0.3, -0.25) is 14.4 Å². The molecule has 0 spiro atoms. The summed E-state index contributed by atoms with van der Waals surface area (Å²) in [5.74, 6) is 2.80. The minimum Gasteiger partial charge on any atom is -0.376 e. The Hall–Kier alpha value is -3.17. The summed E-state index contributed by atoms with van der Waals surface area (Å²) in [7, 11) is -2.72. The first-order chi connectivity index (χ1) is 37.6. The SMILES string of the molecule is C=O.CC(=O)[C@@H](C)OC(C)C.CC(=O)[C@@H](OC(C)C)c1ccccc1.CC(=O)[C@H](CC(C)C)OC(C)C.CC(C)C.CC(C)CS(C)(=O)=O.CC(C)O[C@@H](C)C(C)C.CC(C)O[C@@H](C)c1ccccc1.CCCCCC[C@H](C)OC(C)C. The van der Waals surface area contributed by atoms with Gasteiger partial charge in [-0.05, 0) is 179 Å². The van der Waals surface area contributed by atoms with Gasteiger partial charge < -0.3 is 33.2 Å². The second-order valence-corrected chi connectivity index (χ2v) is 26.6. The number of hydrogen-bond acceptors (Lipinski definition) is 12. The molecule has 82 heavy (non-hydrogen) atoms. The Balaban J connectivity index is -0.000000158. The van der Waals surface area contributed by atoms with E-state index >= 15 is 0 Å². The number of carbonyl (C=O) groups excluding carboxylic acids is 4. The second kappa shape index (κ2) is 58.2. The molecular weight excluding hydrogens is 1050 g/mol. The highest BCUT2D eigenvalue weighted by atomic mass is 32.2. The normalized spacial score (nSPS) is 13.1. The zero-order chi connectivity index (χ0) is 65.9. The number of hydrogen-bond donors (Lipinski definition) is 0. The topological polar surface area (TPSA) is 158 Å². The monoisotopic (exact) mass is 1180 g/mol. The van der Waals surface area contributed by atoms with Crippen LogP contribution >= 0.6 is 0 Å². The Bertz CT molecular complexity index is 1800. The van der Waals surface area contributed by atoms with E-state index in [-0.39, 0.29) is 59.9 Å². The summed E-state index contributed by atoms with van der Waals surface area (Å²) in [5.41, 5.74) is 2.17. The first kappa shape index (κ1) is 92.5. The van der Waals surface area contributed by atoms with Crippen molar-refractivity contribution in [3.05, 3.63) is 71.8 Å². The van der Waals surface area contributed by atoms with Crippen LogP contribution in [0.2, 0.25) is 0 Å². The molecule has 0 amide bonds. The molecule has 0 saturated carbocycles. The zero-order valence-electron chi connectivity index (χ0n) is 58.5. The van der Waals surface area contributed by atoms with Crippen LogP contribution in [0.4, 0.5) is 0 Å². The third-order valence-corrected chi connectivity index (χ3v) is 11.6. The maximum atomic E-state index is 11.4. The van der Waals surface area contributed by atoms with E-state index in [1.54, 1.807) is 20.8 Å². The Morgan fingerprint density at radius 2 is 0.854 bits per heavy atom. The molecule has 0 bridgehead atoms. The van der Waals surface area contributed by atoms with Crippen molar-refractivity contribution < 1.29 is 56.0 Å². The van der Waals surface area contributed by atoms with Gasteiger partial charge >= 0.3 is 0 Å². The summed E-state index contributed by atoms with van der Waals surface area (Å²) in [6.07, 6.45) is 10.2. The number of ether oxygens (including phenoxy) is 6. The van der Waals surface area contributed by atoms with Gasteiger partial charge in [0.15, 0.2) is 17.3 Å². The average Bonchev–Trinajstić information content (AvgIpc) is 3.32. The Kier molecular flexibility index (Phi) is 65.7. The van der Waals surface area contributed by atoms with Gasteiger partial charge in [-0.15, -0.1) is 0 Å². The summed E-state index contributed by atoms with van der Waals surface area (Å²) in [4.78, 5) is 41.0. The molecule has 0 heterocycles. The molecule has 0 radical (unpaired) electrons. The van der Waals surface area contributed by atoms with E-state index < -0.39 is 15.9 Å². The first-order valence-electron chi connectivity index (χ1n) is 30.6. The van der Waals surface area contributed by atoms with Crippen molar-refractivity contribution in [2.45, 2.75) is 313 Å². The number of ketones is 3. The van der Waals surface area contributed by atoms with Crippen LogP contribution in [0.5, 0.6) is 0 Å². The van der Waals surface area contributed by atoms with Crippen LogP contribution in [0.25, 0.3) is 0 Å². The van der Waals surface area contributed by atoms with E-state index in [0.29, 0.717) is 48.1 Å². The highest BCUT2D eigenvalue weighted by molar-refractivity contribution is 7.90. The van der Waals surface area contributed by atoms with Crippen molar-refractivity contribution >= 4 is 34.0 Å². The maximum absolute atomic E-state index is 11.4. The molecule has 0 unspecified atom stereocenters. The molecule has 0 aliphatic heterocycles. The lowest BCUT2D eigenvalue weighted by Crippen LogP contribution is -2.26. The van der Waals surface area contributed by atoms with E-state index in [1.165, 1.54) is 50.8 Å². The van der Waals surface area contributed by atoms with Gasteiger partial charge in [-0.25, -0.2) is 8.42 Å². The van der Waals surface area contributed by atoms with Gasteiger partial charge in [0.2, 0.25) is 0 Å². The minimum absolute atomic E-state index is 0.0462. The number of benzene rings is 2. The van der Waals surface area contributed by atoms with Gasteiger partial charge in [-0.1, -0.05) is 156 Å². The van der Waals surface area contributed by atoms with Crippen molar-refractivity contribution in [3.63, 3.8) is 0 Å². The van der Waals surface area contributed by atoms with Crippen molar-refractivity contribution in [2.24, 2.45) is 23.7 Å². The number of carbonyl (C=O) groups is 4. The highest BCUT2D eigenvalue weighted by Crippen LogP contribution is 2.20. The summed E-state index contributed by atoms with van der Waals surface area (Å²) >= 11 is 0. The molecule has 0 aromatic heterocycles. The average molecular weight is 1190 g/mol. The maximum Gasteiger partial charge on any atom is 0.163 e. The Labute approximate surface area is 507 Å². The largest absolute Gasteiger partial charge is 0.376 e. The van der Waals surface area contributed by atoms with E-state index in [9.17, 15) is 22.8 Å². The highest BCUT2D eigenvalue weighted by Gasteiger charge is 2.19. The van der Waals surface area contributed by atoms with E-state index in [1.807, 2.05) is 111 Å². The fraction of sp³-hybridized carbons (Fsp3) is 0.768. The van der Waals surface area contributed by atoms with Crippen LogP contribution in [-0.2, 0) is 57.4 Å². The molecule has 2 aromatic carbocycles. The van der Waals surface area contributed by atoms with Crippen molar-refractivity contribution in [2.75, 3.05) is 12.0 Å². The molecule has 486 valence electrons. The van der Waals surface area contributed by atoms with Gasteiger partial charge in [0.25, 0.3) is 0 Å². The smallest absolute Gasteiger partial charge is 0.163 e. The lowest BCUT2D eigenvalue weighted by Gasteiger charge is -2.19. The molecule has 2 rings (SSSR count). The van der Waals surface area contributed by atoms with Crippen LogP contribution in [-0.4, -0.2) is 106 Å². The van der Waals surface area contributed by atoms with E-state index in [4.69, 9.17) is 33.2 Å². The van der Waals surface area contributed by atoms with E-state index in [0.717, 1.165) is 17.9 Å². The van der Waals surface area contributed by atoms with Crippen LogP contribution in [0.1, 0.15) is 263 Å². The molecule has 13 heteroatoms. The standard InChI is InChI=1S/C12H16O2.C11H16O.C11H24O.C10H20O2.C8H18O.C7H14O2.C5H12O2S.C4H10.CH2O/c1-9(2)14-12(10(3)13)11-7-5-4-6-8-11;1-9(2)12-10(3)11-7-5-4-6-8-11;1-5-6-7-8-9-11(4)12-10(2)3;1-7(2)6-10(9(5)11)12-8(3)4;1-6(2)8(5)9-7(3)4;1-5(2)9-7(4)6(3)8;1-5(2)4-8(3,6)7;1-4(2)3;1-2/h4-9,12H,1-3H3;4-10H,1-3H3;10-11H,5-9H2,1-4H3;7-8,10H,6H2,1-5H3;6-8H,1-5H3;5,7H,1-4H3;5H,4H2,1-3H3;4H,1-3H3;1H2/t12-;10-;11-;10-;8-;7-;;;/m100001.../s1. The van der Waals surface area contributed by atoms with Gasteiger partial charge in [0.1, 0.15) is 34.9 Å². The summed E-state index contributed by atoms with van der Waals surface area (Å²) in [6, 6.07) is 19.8. The Morgan fingerprint density at radius 3 is 1.11 bits per heavy atom. The lowest BCUT2D eigenvalue weighted by atomic mass is 10.0. The molecule has 2 aromatic rings. The number of unbranched alkanes of at least 4 members (excludes halogenated alkanes) is 3. The molecule has 0 aliphatic rings. The number of rotatable bonds is 27. The molecule has 0 fully saturated rings. The molecular formula is C69H132O12S. The second-order valence-electron chi connectivity index (χ2n) is 24.4. The summed E-state index contributed by atoms with van der Waals surface area (Å²) in [5, 5.41) is 0. The fourth-order valence-electron chi connectivity index (χ4n) is 6.68. The first-order valence-corrected chi connectivity index (χ1v) is 32.7. The predicted octanol–water partition coefficient (Wildman–Crippen LogP) is 18.1. The van der Waals surface area contributed by atoms with Gasteiger partial charge in [-0.2, -0.15) is 0 Å². The minimum atomic E-state index is -2.72. The lowest BCUT2D eigenvalue weighted by molar-refractivity contribution is -0.132. The van der Waals surface area contributed by atoms with Gasteiger partial charge in [0.05, 0.1) is 60.7 Å². The molecule has 6 atom stereocenters. The summed E-state index contributed by atoms with van der Waals surface area (Å²) < 4.78 is 53.8. The third kappa shape index (κ3) is 76.8. The molecule has 12 nitrogen and oxygen atoms in total. The number of sulfone groups is 1. The zero-order valence-corrected chi connectivity index (χ0v) is 59.3. The Morgan fingerprint density at radius 1 is 0.463 bits per heavy atom. The van der Waals surface area contributed by atoms with Gasteiger partial charge in [0, 0.05) is 6.26 Å².